The molecule has 130 valence electrons. The van der Waals surface area contributed by atoms with Crippen LogP contribution in [0, 0.1) is 0 Å². The number of aliphatic carboxylic acids is 1. The van der Waals surface area contributed by atoms with Crippen LogP contribution in [0.3, 0.4) is 0 Å². The van der Waals surface area contributed by atoms with E-state index in [1.807, 2.05) is 18.2 Å². The van der Waals surface area contributed by atoms with Crippen molar-refractivity contribution in [2.45, 2.75) is 70.8 Å². The lowest BCUT2D eigenvalue weighted by molar-refractivity contribution is -0.137. The fourth-order valence-corrected chi connectivity index (χ4v) is 1.95. The van der Waals surface area contributed by atoms with Gasteiger partial charge in [-0.25, -0.2) is 0 Å². The summed E-state index contributed by atoms with van der Waals surface area (Å²) in [7, 11) is 0. The van der Waals surface area contributed by atoms with Crippen LogP contribution < -0.4 is 0 Å². The van der Waals surface area contributed by atoms with Gasteiger partial charge in [-0.1, -0.05) is 68.4 Å². The first-order valence-electron chi connectivity index (χ1n) is 8.68. The van der Waals surface area contributed by atoms with Crippen LogP contribution in [0.5, 0.6) is 0 Å². The summed E-state index contributed by atoms with van der Waals surface area (Å²) in [6.07, 6.45) is 23.7. The molecule has 0 unspecified atom stereocenters. The summed E-state index contributed by atoms with van der Waals surface area (Å²) < 4.78 is 0. The molecule has 3 heteroatoms. The van der Waals surface area contributed by atoms with Crippen LogP contribution in [-0.4, -0.2) is 22.3 Å². The van der Waals surface area contributed by atoms with Gasteiger partial charge in [0.1, 0.15) is 0 Å². The van der Waals surface area contributed by atoms with E-state index in [1.165, 1.54) is 0 Å². The number of hydrogen-bond donors (Lipinski definition) is 2. The monoisotopic (exact) mass is 320 g/mol. The van der Waals surface area contributed by atoms with E-state index in [9.17, 15) is 9.90 Å². The molecule has 0 saturated carbocycles. The van der Waals surface area contributed by atoms with E-state index in [0.29, 0.717) is 6.42 Å². The van der Waals surface area contributed by atoms with Gasteiger partial charge in [0.15, 0.2) is 0 Å². The Hall–Kier alpha value is -1.61. The summed E-state index contributed by atoms with van der Waals surface area (Å²) in [6.45, 7) is 2.13. The van der Waals surface area contributed by atoms with Crippen molar-refractivity contribution < 1.29 is 15.0 Å². The van der Waals surface area contributed by atoms with Crippen molar-refractivity contribution in [3.05, 3.63) is 48.6 Å². The average Bonchev–Trinajstić information content (AvgIpc) is 2.52. The maximum Gasteiger partial charge on any atom is 0.303 e. The van der Waals surface area contributed by atoms with E-state index in [4.69, 9.17) is 5.11 Å². The third-order valence-corrected chi connectivity index (χ3v) is 3.29. The highest BCUT2D eigenvalue weighted by Crippen LogP contribution is 2.02. The normalized spacial score (nSPS) is 13.8. The molecular formula is C20H32O3. The van der Waals surface area contributed by atoms with Crippen molar-refractivity contribution in [3.63, 3.8) is 0 Å². The zero-order valence-electron chi connectivity index (χ0n) is 14.4. The number of hydrogen-bond acceptors (Lipinski definition) is 2. The van der Waals surface area contributed by atoms with Crippen LogP contribution in [0.2, 0.25) is 0 Å². The summed E-state index contributed by atoms with van der Waals surface area (Å²) in [6, 6.07) is 0. The summed E-state index contributed by atoms with van der Waals surface area (Å²) in [5.74, 6) is -0.726. The Morgan fingerprint density at radius 3 is 2.04 bits per heavy atom. The molecule has 23 heavy (non-hydrogen) atoms. The molecule has 1 atom stereocenters. The maximum atomic E-state index is 10.3. The first-order chi connectivity index (χ1) is 11.2. The van der Waals surface area contributed by atoms with E-state index in [0.717, 1.165) is 44.9 Å². The Morgan fingerprint density at radius 1 is 0.913 bits per heavy atom. The minimum Gasteiger partial charge on any atom is -0.481 e. The van der Waals surface area contributed by atoms with Crippen molar-refractivity contribution in [3.8, 4) is 0 Å². The molecule has 3 nitrogen and oxygen atoms in total. The van der Waals surface area contributed by atoms with Gasteiger partial charge in [-0.2, -0.15) is 0 Å². The van der Waals surface area contributed by atoms with Gasteiger partial charge in [-0.3, -0.25) is 4.79 Å². The predicted molar refractivity (Wildman–Crippen MR) is 97.4 cm³/mol. The lowest BCUT2D eigenvalue weighted by Gasteiger charge is -2.02. The Labute approximate surface area is 141 Å². The number of rotatable bonds is 14. The Balaban J connectivity index is 3.53. The second-order valence-electron chi connectivity index (χ2n) is 5.55. The molecule has 0 aliphatic heterocycles. The van der Waals surface area contributed by atoms with Crippen molar-refractivity contribution in [2.24, 2.45) is 0 Å². The van der Waals surface area contributed by atoms with Gasteiger partial charge in [0.2, 0.25) is 0 Å². The number of carbonyl (C=O) groups is 1. The zero-order valence-corrected chi connectivity index (χ0v) is 14.4. The van der Waals surface area contributed by atoms with E-state index in [1.54, 1.807) is 0 Å². The molecule has 2 N–H and O–H groups in total. The van der Waals surface area contributed by atoms with Crippen LogP contribution in [0.15, 0.2) is 48.6 Å². The van der Waals surface area contributed by atoms with Gasteiger partial charge in [0.25, 0.3) is 0 Å². The molecule has 0 heterocycles. The van der Waals surface area contributed by atoms with E-state index >= 15 is 0 Å². The lowest BCUT2D eigenvalue weighted by atomic mass is 10.1. The van der Waals surface area contributed by atoms with E-state index in [2.05, 4.69) is 37.3 Å². The summed E-state index contributed by atoms with van der Waals surface area (Å²) in [5.41, 5.74) is 0. The minimum absolute atomic E-state index is 0.245. The van der Waals surface area contributed by atoms with Gasteiger partial charge in [-0.05, 0) is 38.5 Å². The molecule has 0 saturated heterocycles. The van der Waals surface area contributed by atoms with Crippen molar-refractivity contribution in [2.75, 3.05) is 0 Å². The Kier molecular flexibility index (Phi) is 15.6. The Bertz CT molecular complexity index is 392. The fourth-order valence-electron chi connectivity index (χ4n) is 1.95. The molecule has 0 aliphatic carbocycles. The van der Waals surface area contributed by atoms with Crippen LogP contribution in [0.25, 0.3) is 0 Å². The number of carboxylic acids is 1. The smallest absolute Gasteiger partial charge is 0.303 e. The van der Waals surface area contributed by atoms with Gasteiger partial charge < -0.3 is 10.2 Å². The molecule has 0 fully saturated rings. The molecule has 0 aromatic heterocycles. The molecule has 0 aromatic rings. The largest absolute Gasteiger partial charge is 0.481 e. The molecule has 0 amide bonds. The predicted octanol–water partition coefficient (Wildman–Crippen LogP) is 5.19. The molecule has 0 aliphatic rings. The first kappa shape index (κ1) is 21.4. The highest BCUT2D eigenvalue weighted by molar-refractivity contribution is 5.66. The highest BCUT2D eigenvalue weighted by atomic mass is 16.4. The van der Waals surface area contributed by atoms with Crippen molar-refractivity contribution in [1.82, 2.24) is 0 Å². The molecule has 0 spiro atoms. The van der Waals surface area contributed by atoms with Gasteiger partial charge in [-0.15, -0.1) is 0 Å². The second-order valence-corrected chi connectivity index (χ2v) is 5.55. The standard InChI is InChI=1S/C20H32O3/c1-2-3-16-19(21)17-14-12-10-8-6-4-5-7-9-11-13-15-18-20(22)23/h4-5,8-11,14,17,19,21H,2-3,6-7,12-13,15-16,18H2,1H3,(H,22,23)/b5-4+,10-8+,11-9+,17-14+/t19-/m0/s1. The average molecular weight is 320 g/mol. The quantitative estimate of drug-likeness (QED) is 0.342. The summed E-state index contributed by atoms with van der Waals surface area (Å²) in [5, 5.41) is 18.1. The third kappa shape index (κ3) is 18.3. The fraction of sp³-hybridized carbons (Fsp3) is 0.550. The van der Waals surface area contributed by atoms with Gasteiger partial charge in [0, 0.05) is 6.42 Å². The van der Waals surface area contributed by atoms with E-state index < -0.39 is 5.97 Å². The summed E-state index contributed by atoms with van der Waals surface area (Å²) >= 11 is 0. The maximum absolute atomic E-state index is 10.3. The van der Waals surface area contributed by atoms with E-state index in [-0.39, 0.29) is 12.5 Å². The molecular weight excluding hydrogens is 288 g/mol. The number of unbranched alkanes of at least 4 members (excludes halogenated alkanes) is 2. The number of aliphatic hydroxyl groups excluding tert-OH is 1. The topological polar surface area (TPSA) is 57.5 Å². The van der Waals surface area contributed by atoms with Crippen LogP contribution in [-0.2, 0) is 4.79 Å². The number of allylic oxidation sites excluding steroid dienone is 7. The van der Waals surface area contributed by atoms with Crippen LogP contribution >= 0.6 is 0 Å². The first-order valence-corrected chi connectivity index (χ1v) is 8.68. The van der Waals surface area contributed by atoms with Crippen molar-refractivity contribution in [1.29, 1.82) is 0 Å². The lowest BCUT2D eigenvalue weighted by Crippen LogP contribution is -2.00. The zero-order chi connectivity index (χ0) is 17.2. The van der Waals surface area contributed by atoms with Gasteiger partial charge in [0.05, 0.1) is 6.10 Å². The highest BCUT2D eigenvalue weighted by Gasteiger charge is 1.95. The van der Waals surface area contributed by atoms with Crippen LogP contribution in [0.1, 0.15) is 64.7 Å². The molecule has 0 rings (SSSR count). The Morgan fingerprint density at radius 2 is 1.48 bits per heavy atom. The summed E-state index contributed by atoms with van der Waals surface area (Å²) in [4.78, 5) is 10.3. The van der Waals surface area contributed by atoms with Crippen LogP contribution in [0.4, 0.5) is 0 Å². The second kappa shape index (κ2) is 16.8. The number of carboxylic acid groups (broad SMARTS) is 1. The minimum atomic E-state index is -0.726. The molecule has 0 radical (unpaired) electrons. The van der Waals surface area contributed by atoms with Crippen molar-refractivity contribution >= 4 is 5.97 Å². The third-order valence-electron chi connectivity index (χ3n) is 3.29. The van der Waals surface area contributed by atoms with Gasteiger partial charge >= 0.3 is 5.97 Å². The molecule has 0 bridgehead atoms. The molecule has 0 aromatic carbocycles. The SMILES string of the molecule is CCCC[C@H](O)/C=C/C/C=C/C/C=C/C/C=C/CCCC(=O)O. The number of aliphatic hydroxyl groups is 1.